The zero-order valence-electron chi connectivity index (χ0n) is 13.6. The molecule has 5 nitrogen and oxygen atoms in total. The van der Waals surface area contributed by atoms with Crippen molar-refractivity contribution in [2.24, 2.45) is 5.92 Å². The molecule has 1 N–H and O–H groups in total. The highest BCUT2D eigenvalue weighted by Crippen LogP contribution is 2.51. The third kappa shape index (κ3) is 2.37. The molecule has 0 aromatic heterocycles. The molecule has 1 aliphatic carbocycles. The van der Waals surface area contributed by atoms with Gasteiger partial charge in [-0.05, 0) is 56.0 Å². The van der Waals surface area contributed by atoms with Gasteiger partial charge in [0.2, 0.25) is 5.91 Å². The third-order valence-electron chi connectivity index (χ3n) is 4.75. The summed E-state index contributed by atoms with van der Waals surface area (Å²) in [5, 5.41) is 2.78. The topological polar surface area (TPSA) is 72.5 Å². The lowest BCUT2D eigenvalue weighted by Crippen LogP contribution is -2.43. The fourth-order valence-corrected chi connectivity index (χ4v) is 5.22. The maximum absolute atomic E-state index is 13.1. The number of anilines is 1. The van der Waals surface area contributed by atoms with Crippen molar-refractivity contribution in [1.29, 1.82) is 0 Å². The normalized spacial score (nSPS) is 20.1. The maximum Gasteiger partial charge on any atom is 0.319 e. The van der Waals surface area contributed by atoms with Gasteiger partial charge >= 0.3 is 5.97 Å². The van der Waals surface area contributed by atoms with Gasteiger partial charge in [0.05, 0.1) is 12.3 Å². The number of benzene rings is 2. The second kappa shape index (κ2) is 6.32. The quantitative estimate of drug-likeness (QED) is 0.522. The number of amides is 1. The van der Waals surface area contributed by atoms with Crippen molar-refractivity contribution < 1.29 is 19.1 Å². The number of hydrogen-bond acceptors (Lipinski definition) is 4. The van der Waals surface area contributed by atoms with E-state index in [0.29, 0.717) is 36.9 Å². The van der Waals surface area contributed by atoms with Crippen LogP contribution in [0.3, 0.4) is 0 Å². The summed E-state index contributed by atoms with van der Waals surface area (Å²) < 4.78 is 6.42. The first-order valence-corrected chi connectivity index (χ1v) is 9.67. The van der Waals surface area contributed by atoms with Crippen molar-refractivity contribution in [2.75, 3.05) is 11.9 Å². The van der Waals surface area contributed by atoms with Gasteiger partial charge in [-0.2, -0.15) is 0 Å². The Hall–Kier alpha value is -1.99. The average molecular weight is 479 g/mol. The Morgan fingerprint density at radius 3 is 2.65 bits per heavy atom. The molecule has 2 atom stereocenters. The van der Waals surface area contributed by atoms with Crippen molar-refractivity contribution in [1.82, 2.24) is 0 Å². The summed E-state index contributed by atoms with van der Waals surface area (Å²) in [7, 11) is 0. The maximum atomic E-state index is 13.1. The van der Waals surface area contributed by atoms with Crippen molar-refractivity contribution in [3.63, 3.8) is 0 Å². The molecule has 0 fully saturated rings. The highest BCUT2D eigenvalue weighted by atomic mass is 79.9. The van der Waals surface area contributed by atoms with E-state index in [1.165, 1.54) is 0 Å². The fourth-order valence-electron chi connectivity index (χ4n) is 3.75. The summed E-state index contributed by atoms with van der Waals surface area (Å²) >= 11 is 6.91. The summed E-state index contributed by atoms with van der Waals surface area (Å²) in [4.78, 5) is 38.5. The summed E-state index contributed by atoms with van der Waals surface area (Å²) in [6.45, 7) is 1.88. The lowest BCUT2D eigenvalue weighted by molar-refractivity contribution is -0.151. The van der Waals surface area contributed by atoms with Crippen molar-refractivity contribution in [2.45, 2.75) is 12.8 Å². The Labute approximate surface area is 166 Å². The molecular weight excluding hydrogens is 466 g/mol. The van der Waals surface area contributed by atoms with Gasteiger partial charge in [0.15, 0.2) is 5.78 Å². The highest BCUT2D eigenvalue weighted by molar-refractivity contribution is 9.11. The van der Waals surface area contributed by atoms with E-state index in [1.807, 2.05) is 0 Å². The van der Waals surface area contributed by atoms with Crippen LogP contribution in [-0.2, 0) is 14.3 Å². The molecule has 1 heterocycles. The van der Waals surface area contributed by atoms with Gasteiger partial charge in [-0.3, -0.25) is 14.4 Å². The molecule has 132 valence electrons. The van der Waals surface area contributed by atoms with E-state index in [1.54, 1.807) is 37.3 Å². The van der Waals surface area contributed by atoms with E-state index >= 15 is 0 Å². The molecule has 0 saturated heterocycles. The largest absolute Gasteiger partial charge is 0.465 e. The summed E-state index contributed by atoms with van der Waals surface area (Å²) in [6, 6.07) is 8.84. The summed E-state index contributed by atoms with van der Waals surface area (Å²) in [5.74, 6) is -2.77. The summed E-state index contributed by atoms with van der Waals surface area (Å²) in [6.07, 6.45) is 0. The summed E-state index contributed by atoms with van der Waals surface area (Å²) in [5.41, 5.74) is 2.82. The monoisotopic (exact) mass is 477 g/mol. The number of halogens is 2. The fraction of sp³-hybridized carbons (Fsp3) is 0.211. The molecular formula is C19H13Br2NO4. The number of rotatable bonds is 2. The molecule has 7 heteroatoms. The van der Waals surface area contributed by atoms with Crippen molar-refractivity contribution in [3.8, 4) is 0 Å². The SMILES string of the molecule is CCOC(=O)C1C(=O)Nc2c(Br)cc(Br)c3c2C1c1ccccc1C3=O. The van der Waals surface area contributed by atoms with E-state index in [-0.39, 0.29) is 12.4 Å². The van der Waals surface area contributed by atoms with Crippen LogP contribution in [0.2, 0.25) is 0 Å². The number of nitrogens with one attached hydrogen (secondary N) is 1. The number of hydrogen-bond donors (Lipinski definition) is 1. The zero-order chi connectivity index (χ0) is 18.6. The van der Waals surface area contributed by atoms with Gasteiger partial charge in [0.25, 0.3) is 0 Å². The van der Waals surface area contributed by atoms with E-state index in [9.17, 15) is 14.4 Å². The van der Waals surface area contributed by atoms with Crippen molar-refractivity contribution >= 4 is 55.2 Å². The first kappa shape index (κ1) is 17.4. The smallest absolute Gasteiger partial charge is 0.319 e. The van der Waals surface area contributed by atoms with Gasteiger partial charge in [-0.1, -0.05) is 24.3 Å². The number of carbonyl (C=O) groups is 3. The average Bonchev–Trinajstić information content (AvgIpc) is 2.61. The third-order valence-corrected chi connectivity index (χ3v) is 6.00. The van der Waals surface area contributed by atoms with Crippen LogP contribution in [0.1, 0.15) is 39.9 Å². The molecule has 0 bridgehead atoms. The molecule has 2 unspecified atom stereocenters. The molecule has 0 radical (unpaired) electrons. The van der Waals surface area contributed by atoms with Crippen LogP contribution in [0.15, 0.2) is 39.3 Å². The standard InChI is InChI=1S/C19H13Br2NO4/c1-2-26-19(25)15-12-8-5-3-4-6-9(8)17(23)13-10(20)7-11(21)16(14(12)13)22-18(15)24/h3-7,12,15H,2H2,1H3,(H,22,24). The molecule has 0 spiro atoms. The lowest BCUT2D eigenvalue weighted by Gasteiger charge is -2.37. The van der Waals surface area contributed by atoms with Gasteiger partial charge in [-0.15, -0.1) is 0 Å². The van der Waals surface area contributed by atoms with Crippen LogP contribution in [0.4, 0.5) is 5.69 Å². The van der Waals surface area contributed by atoms with E-state index < -0.39 is 23.7 Å². The second-order valence-electron chi connectivity index (χ2n) is 6.12. The predicted octanol–water partition coefficient (Wildman–Crippen LogP) is 4.02. The van der Waals surface area contributed by atoms with E-state index in [4.69, 9.17) is 4.74 Å². The Bertz CT molecular complexity index is 986. The van der Waals surface area contributed by atoms with Gasteiger partial charge < -0.3 is 10.1 Å². The van der Waals surface area contributed by atoms with Gasteiger partial charge in [0.1, 0.15) is 5.92 Å². The Morgan fingerprint density at radius 1 is 1.19 bits per heavy atom. The van der Waals surface area contributed by atoms with Gasteiger partial charge in [0, 0.05) is 26.0 Å². The second-order valence-corrected chi connectivity index (χ2v) is 7.83. The first-order valence-electron chi connectivity index (χ1n) is 8.08. The Morgan fingerprint density at radius 2 is 1.92 bits per heavy atom. The molecule has 1 aliphatic heterocycles. The molecule has 26 heavy (non-hydrogen) atoms. The first-order chi connectivity index (χ1) is 12.5. The lowest BCUT2D eigenvalue weighted by atomic mass is 9.69. The predicted molar refractivity (Wildman–Crippen MR) is 102 cm³/mol. The Kier molecular flexibility index (Phi) is 4.23. The number of ketones is 1. The molecule has 0 saturated carbocycles. The number of esters is 1. The molecule has 2 aromatic carbocycles. The van der Waals surface area contributed by atoms with Crippen LogP contribution < -0.4 is 5.32 Å². The Balaban J connectivity index is 2.06. The molecule has 4 rings (SSSR count). The highest BCUT2D eigenvalue weighted by Gasteiger charge is 2.48. The van der Waals surface area contributed by atoms with Crippen LogP contribution in [0.25, 0.3) is 0 Å². The minimum Gasteiger partial charge on any atom is -0.465 e. The van der Waals surface area contributed by atoms with E-state index in [0.717, 1.165) is 0 Å². The number of fused-ring (bicyclic) bond motifs is 2. The molecule has 2 aromatic rings. The van der Waals surface area contributed by atoms with E-state index in [2.05, 4.69) is 37.2 Å². The van der Waals surface area contributed by atoms with Crippen LogP contribution in [0.5, 0.6) is 0 Å². The van der Waals surface area contributed by atoms with Crippen LogP contribution in [-0.4, -0.2) is 24.3 Å². The molecule has 1 amide bonds. The zero-order valence-corrected chi connectivity index (χ0v) is 16.8. The van der Waals surface area contributed by atoms with Gasteiger partial charge in [-0.25, -0.2) is 0 Å². The van der Waals surface area contributed by atoms with Crippen LogP contribution >= 0.6 is 31.9 Å². The number of ether oxygens (including phenoxy) is 1. The minimum absolute atomic E-state index is 0.133. The number of carbonyl (C=O) groups excluding carboxylic acids is 3. The minimum atomic E-state index is -1.04. The van der Waals surface area contributed by atoms with Crippen LogP contribution in [0, 0.1) is 5.92 Å². The molecule has 2 aliphatic rings. The van der Waals surface area contributed by atoms with Crippen molar-refractivity contribution in [3.05, 3.63) is 61.5 Å².